The van der Waals surface area contributed by atoms with Crippen molar-refractivity contribution in [3.63, 3.8) is 0 Å². The second-order valence-electron chi connectivity index (χ2n) is 9.63. The van der Waals surface area contributed by atoms with Gasteiger partial charge in [0, 0.05) is 33.6 Å². The summed E-state index contributed by atoms with van der Waals surface area (Å²) in [5, 5.41) is 0.974. The fourth-order valence-electron chi connectivity index (χ4n) is 4.88. The van der Waals surface area contributed by atoms with E-state index in [1.165, 1.54) is 16.7 Å². The summed E-state index contributed by atoms with van der Waals surface area (Å²) in [6.07, 6.45) is 1.76. The van der Waals surface area contributed by atoms with Gasteiger partial charge in [0.05, 0.1) is 0 Å². The van der Waals surface area contributed by atoms with Crippen molar-refractivity contribution in [3.05, 3.63) is 167 Å². The average molecular weight is 503 g/mol. The Morgan fingerprint density at radius 3 is 1.82 bits per heavy atom. The zero-order valence-electron chi connectivity index (χ0n) is 21.4. The predicted octanol–water partition coefficient (Wildman–Crippen LogP) is 8.69. The van der Waals surface area contributed by atoms with Crippen molar-refractivity contribution in [1.29, 1.82) is 0 Å². The van der Waals surface area contributed by atoms with Crippen molar-refractivity contribution in [1.82, 2.24) is 0 Å². The summed E-state index contributed by atoms with van der Waals surface area (Å²) in [5.41, 5.74) is 8.15. The summed E-state index contributed by atoms with van der Waals surface area (Å²) in [4.78, 5) is 11.0. The van der Waals surface area contributed by atoms with Crippen molar-refractivity contribution < 1.29 is 9.21 Å². The van der Waals surface area contributed by atoms with Gasteiger partial charge in [0.15, 0.2) is 0 Å². The van der Waals surface area contributed by atoms with E-state index in [1.54, 1.807) is 12.1 Å². The lowest BCUT2D eigenvalue weighted by Crippen LogP contribution is -2.05. The molecule has 39 heavy (non-hydrogen) atoms. The molecular weight excluding hydrogens is 476 g/mol. The lowest BCUT2D eigenvalue weighted by atomic mass is 9.86. The van der Waals surface area contributed by atoms with Crippen LogP contribution >= 0.6 is 0 Å². The van der Waals surface area contributed by atoms with E-state index in [1.807, 2.05) is 36.4 Å². The third-order valence-electron chi connectivity index (χ3n) is 7.00. The van der Waals surface area contributed by atoms with Gasteiger partial charge in [-0.3, -0.25) is 4.79 Å². The smallest absolute Gasteiger partial charge is 0.150 e. The van der Waals surface area contributed by atoms with Crippen LogP contribution in [0.4, 0.5) is 0 Å². The highest BCUT2D eigenvalue weighted by molar-refractivity contribution is 5.88. The molecule has 0 spiro atoms. The maximum Gasteiger partial charge on any atom is 0.150 e. The molecule has 2 heteroatoms. The van der Waals surface area contributed by atoms with Crippen LogP contribution in [-0.2, 0) is 6.42 Å². The number of benzene rings is 5. The number of furan rings is 1. The molecule has 1 heterocycles. The Kier molecular flexibility index (Phi) is 6.89. The molecule has 0 saturated heterocycles. The molecule has 2 nitrogen and oxygen atoms in total. The molecule has 1 aromatic heterocycles. The summed E-state index contributed by atoms with van der Waals surface area (Å²) in [7, 11) is 0. The first kappa shape index (κ1) is 24.2. The van der Waals surface area contributed by atoms with Crippen molar-refractivity contribution >= 4 is 17.3 Å². The van der Waals surface area contributed by atoms with Gasteiger partial charge in [-0.25, -0.2) is 0 Å². The molecule has 0 aliphatic carbocycles. The highest BCUT2D eigenvalue weighted by atomic mass is 16.3. The first-order valence-electron chi connectivity index (χ1n) is 13.1. The molecule has 0 aliphatic rings. The number of rotatable bonds is 6. The van der Waals surface area contributed by atoms with Crippen LogP contribution in [0.5, 0.6) is 0 Å². The van der Waals surface area contributed by atoms with E-state index in [9.17, 15) is 4.79 Å². The number of carbonyl (C=O) groups is 1. The molecule has 0 saturated carbocycles. The van der Waals surface area contributed by atoms with Gasteiger partial charge in [-0.2, -0.15) is 0 Å². The minimum Gasteiger partial charge on any atom is -0.456 e. The minimum absolute atomic E-state index is 0.307. The van der Waals surface area contributed by atoms with Crippen molar-refractivity contribution in [2.45, 2.75) is 12.3 Å². The molecule has 0 unspecified atom stereocenters. The fraction of sp³-hybridized carbons (Fsp3) is 0.0541. The highest BCUT2D eigenvalue weighted by Crippen LogP contribution is 2.30. The van der Waals surface area contributed by atoms with Gasteiger partial charge in [-0.15, -0.1) is 0 Å². The zero-order valence-corrected chi connectivity index (χ0v) is 21.4. The van der Waals surface area contributed by atoms with E-state index >= 15 is 0 Å². The van der Waals surface area contributed by atoms with Crippen LogP contribution in [0.15, 0.2) is 138 Å². The average Bonchev–Trinajstić information content (AvgIpc) is 3.44. The Hall–Kier alpha value is -5.13. The summed E-state index contributed by atoms with van der Waals surface area (Å²) in [5.74, 6) is 7.64. The Labute approximate surface area is 228 Å². The molecule has 186 valence electrons. The normalized spacial score (nSPS) is 10.8. The van der Waals surface area contributed by atoms with E-state index in [4.69, 9.17) is 4.42 Å². The van der Waals surface area contributed by atoms with Gasteiger partial charge in [0.1, 0.15) is 17.6 Å². The Morgan fingerprint density at radius 2 is 1.23 bits per heavy atom. The fourth-order valence-corrected chi connectivity index (χ4v) is 4.88. The molecular formula is C37H26O2. The van der Waals surface area contributed by atoms with Gasteiger partial charge < -0.3 is 4.42 Å². The monoisotopic (exact) mass is 502 g/mol. The lowest BCUT2D eigenvalue weighted by Gasteiger charge is -2.18. The Balaban J connectivity index is 1.16. The summed E-state index contributed by atoms with van der Waals surface area (Å²) in [6, 6.07) is 45.5. The van der Waals surface area contributed by atoms with Crippen LogP contribution in [0.2, 0.25) is 0 Å². The first-order chi connectivity index (χ1) is 19.2. The number of fused-ring (bicyclic) bond motifs is 1. The minimum atomic E-state index is 0.307. The lowest BCUT2D eigenvalue weighted by molar-refractivity contribution is 0.112. The van der Waals surface area contributed by atoms with Crippen molar-refractivity contribution in [3.8, 4) is 23.2 Å². The quantitative estimate of drug-likeness (QED) is 0.168. The van der Waals surface area contributed by atoms with Crippen LogP contribution in [0.3, 0.4) is 0 Å². The second-order valence-corrected chi connectivity index (χ2v) is 9.63. The third-order valence-corrected chi connectivity index (χ3v) is 7.00. The maximum absolute atomic E-state index is 11.0. The molecule has 5 aromatic carbocycles. The number of aldehydes is 1. The molecule has 0 aliphatic heterocycles. The molecule has 0 bridgehead atoms. The molecule has 0 atom stereocenters. The van der Waals surface area contributed by atoms with Gasteiger partial charge >= 0.3 is 0 Å². The molecule has 0 amide bonds. The van der Waals surface area contributed by atoms with E-state index in [2.05, 4.69) is 96.8 Å². The topological polar surface area (TPSA) is 30.2 Å². The van der Waals surface area contributed by atoms with Gasteiger partial charge in [0.25, 0.3) is 0 Å². The molecule has 6 rings (SSSR count). The Morgan fingerprint density at radius 1 is 0.641 bits per heavy atom. The van der Waals surface area contributed by atoms with Gasteiger partial charge in [-0.05, 0) is 59.5 Å². The van der Waals surface area contributed by atoms with E-state index in [0.29, 0.717) is 17.1 Å². The standard InChI is InChI=1S/C37H26O2/c38-26-30-19-22-34-25-37(39-36(34)24-30)33-20-17-28(18-21-33)12-11-27-13-15-29(16-14-27)23-35(31-7-3-1-4-8-31)32-9-5-2-6-10-32/h1-10,13-22,24-26,35H,23H2. The van der Waals surface area contributed by atoms with Crippen molar-refractivity contribution in [2.75, 3.05) is 0 Å². The van der Waals surface area contributed by atoms with Crippen LogP contribution in [0, 0.1) is 11.8 Å². The number of carbonyl (C=O) groups excluding carboxylic acids is 1. The highest BCUT2D eigenvalue weighted by Gasteiger charge is 2.14. The van der Waals surface area contributed by atoms with Crippen LogP contribution in [0.25, 0.3) is 22.3 Å². The summed E-state index contributed by atoms with van der Waals surface area (Å²) >= 11 is 0. The Bertz CT molecular complexity index is 1730. The maximum atomic E-state index is 11.0. The summed E-state index contributed by atoms with van der Waals surface area (Å²) < 4.78 is 5.97. The van der Waals surface area contributed by atoms with Crippen LogP contribution in [0.1, 0.15) is 44.1 Å². The summed E-state index contributed by atoms with van der Waals surface area (Å²) in [6.45, 7) is 0. The SMILES string of the molecule is O=Cc1ccc2cc(-c3ccc(C#Cc4ccc(CC(c5ccccc5)c5ccccc5)cc4)cc3)oc2c1. The van der Waals surface area contributed by atoms with Gasteiger partial charge in [0.2, 0.25) is 0 Å². The largest absolute Gasteiger partial charge is 0.456 e. The van der Waals surface area contributed by atoms with Crippen LogP contribution in [-0.4, -0.2) is 6.29 Å². The second kappa shape index (κ2) is 11.1. The molecule has 0 fully saturated rings. The third kappa shape index (κ3) is 5.59. The van der Waals surface area contributed by atoms with Crippen LogP contribution < -0.4 is 0 Å². The zero-order chi connectivity index (χ0) is 26.4. The predicted molar refractivity (Wildman–Crippen MR) is 158 cm³/mol. The van der Waals surface area contributed by atoms with E-state index < -0.39 is 0 Å². The number of hydrogen-bond donors (Lipinski definition) is 0. The van der Waals surface area contributed by atoms with Crippen molar-refractivity contribution in [2.24, 2.45) is 0 Å². The van der Waals surface area contributed by atoms with E-state index in [-0.39, 0.29) is 0 Å². The first-order valence-corrected chi connectivity index (χ1v) is 13.1. The molecule has 6 aromatic rings. The van der Waals surface area contributed by atoms with E-state index in [0.717, 1.165) is 40.5 Å². The number of hydrogen-bond acceptors (Lipinski definition) is 2. The van der Waals surface area contributed by atoms with Gasteiger partial charge in [-0.1, -0.05) is 109 Å². The molecule has 0 N–H and O–H groups in total. The molecule has 0 radical (unpaired) electrons.